The van der Waals surface area contributed by atoms with E-state index in [4.69, 9.17) is 15.2 Å². The molecule has 0 radical (unpaired) electrons. The highest BCUT2D eigenvalue weighted by molar-refractivity contribution is 5.44. The molecule has 5 heteroatoms. The van der Waals surface area contributed by atoms with Crippen molar-refractivity contribution in [2.45, 2.75) is 31.4 Å². The predicted molar refractivity (Wildman–Crippen MR) is 75.0 cm³/mol. The van der Waals surface area contributed by atoms with E-state index in [1.54, 1.807) is 13.3 Å². The molecule has 1 aliphatic heterocycles. The lowest BCUT2D eigenvalue weighted by Gasteiger charge is -2.42. The number of aryl methyl sites for hydroxylation is 1. The summed E-state index contributed by atoms with van der Waals surface area (Å²) in [4.78, 5) is 4.26. The van der Waals surface area contributed by atoms with Crippen LogP contribution >= 0.6 is 0 Å². The van der Waals surface area contributed by atoms with Crippen molar-refractivity contribution in [3.8, 4) is 0 Å². The number of nitrogens with two attached hydrogens (primary N) is 1. The molecule has 0 aliphatic carbocycles. The lowest BCUT2D eigenvalue weighted by atomic mass is 9.82. The van der Waals surface area contributed by atoms with Crippen molar-refractivity contribution < 1.29 is 9.47 Å². The fourth-order valence-corrected chi connectivity index (χ4v) is 2.86. The average Bonchev–Trinajstić information content (AvgIpc) is 2.44. The second kappa shape index (κ2) is 5.86. The Morgan fingerprint density at radius 3 is 2.74 bits per heavy atom. The highest BCUT2D eigenvalue weighted by Gasteiger charge is 2.41. The van der Waals surface area contributed by atoms with Gasteiger partial charge in [-0.15, -0.1) is 0 Å². The van der Waals surface area contributed by atoms with Crippen molar-refractivity contribution in [1.29, 1.82) is 0 Å². The quantitative estimate of drug-likeness (QED) is 0.862. The van der Waals surface area contributed by atoms with Crippen LogP contribution in [0, 0.1) is 6.92 Å². The van der Waals surface area contributed by atoms with Gasteiger partial charge in [0.15, 0.2) is 0 Å². The zero-order chi connectivity index (χ0) is 13.9. The Kier molecular flexibility index (Phi) is 4.39. The number of ether oxygens (including phenoxy) is 2. The Morgan fingerprint density at radius 2 is 2.16 bits per heavy atom. The number of likely N-dealkylation sites (N-methyl/N-ethyl adjacent to an activating group) is 1. The number of nitrogen functional groups attached to an aromatic ring is 1. The molecule has 1 unspecified atom stereocenters. The van der Waals surface area contributed by atoms with Crippen molar-refractivity contribution in [2.75, 3.05) is 33.1 Å². The number of hydrogen-bond acceptors (Lipinski definition) is 5. The molecule has 0 amide bonds. The molecular formula is C14H23N3O2. The first-order chi connectivity index (χ1) is 9.13. The smallest absolute Gasteiger partial charge is 0.128 e. The largest absolute Gasteiger partial charge is 0.383 e. The molecule has 1 aliphatic rings. The minimum absolute atomic E-state index is 0.0220. The number of anilines is 1. The van der Waals surface area contributed by atoms with Gasteiger partial charge in [-0.2, -0.15) is 0 Å². The first-order valence-corrected chi connectivity index (χ1v) is 6.65. The van der Waals surface area contributed by atoms with Crippen molar-refractivity contribution in [2.24, 2.45) is 0 Å². The molecule has 2 rings (SSSR count). The molecular weight excluding hydrogens is 242 g/mol. The van der Waals surface area contributed by atoms with Crippen molar-refractivity contribution >= 4 is 5.82 Å². The Hall–Kier alpha value is -1.17. The molecule has 0 bridgehead atoms. The minimum atomic E-state index is -0.281. The SMILES string of the molecule is CNC(c1cc(C)cnc1N)C1(OC)CCOCC1. The van der Waals surface area contributed by atoms with Gasteiger partial charge in [-0.1, -0.05) is 0 Å². The van der Waals surface area contributed by atoms with Gasteiger partial charge in [0.1, 0.15) is 5.82 Å². The summed E-state index contributed by atoms with van der Waals surface area (Å²) in [6.07, 6.45) is 3.49. The van der Waals surface area contributed by atoms with Gasteiger partial charge in [-0.05, 0) is 25.6 Å². The average molecular weight is 265 g/mol. The van der Waals surface area contributed by atoms with E-state index in [1.165, 1.54) is 0 Å². The molecule has 19 heavy (non-hydrogen) atoms. The Bertz CT molecular complexity index is 431. The van der Waals surface area contributed by atoms with Gasteiger partial charge in [0.05, 0.1) is 11.6 Å². The summed E-state index contributed by atoms with van der Waals surface area (Å²) >= 11 is 0. The first kappa shape index (κ1) is 14.2. The third-order valence-corrected chi connectivity index (χ3v) is 3.96. The number of hydrogen-bond donors (Lipinski definition) is 2. The fraction of sp³-hybridized carbons (Fsp3) is 0.643. The van der Waals surface area contributed by atoms with Gasteiger partial charge in [0.25, 0.3) is 0 Å². The minimum Gasteiger partial charge on any atom is -0.383 e. The number of methoxy groups -OCH3 is 1. The van der Waals surface area contributed by atoms with Crippen molar-refractivity contribution in [3.63, 3.8) is 0 Å². The number of rotatable bonds is 4. The van der Waals surface area contributed by atoms with Crippen LogP contribution in [0.25, 0.3) is 0 Å². The van der Waals surface area contributed by atoms with Crippen molar-refractivity contribution in [1.82, 2.24) is 10.3 Å². The lowest BCUT2D eigenvalue weighted by molar-refractivity contribution is -0.110. The number of nitrogens with one attached hydrogen (secondary N) is 1. The molecule has 0 saturated carbocycles. The van der Waals surface area contributed by atoms with Crippen LogP contribution in [0.15, 0.2) is 12.3 Å². The monoisotopic (exact) mass is 265 g/mol. The molecule has 2 heterocycles. The van der Waals surface area contributed by atoms with Crippen molar-refractivity contribution in [3.05, 3.63) is 23.4 Å². The van der Waals surface area contributed by atoms with Crippen LogP contribution in [0.1, 0.15) is 30.0 Å². The van der Waals surface area contributed by atoms with E-state index in [-0.39, 0.29) is 11.6 Å². The Balaban J connectivity index is 2.39. The van der Waals surface area contributed by atoms with E-state index < -0.39 is 0 Å². The molecule has 1 atom stereocenters. The van der Waals surface area contributed by atoms with Gasteiger partial charge in [0, 0.05) is 44.9 Å². The molecule has 1 aromatic rings. The molecule has 0 spiro atoms. The normalized spacial score (nSPS) is 20.2. The lowest BCUT2D eigenvalue weighted by Crippen LogP contribution is -2.48. The highest BCUT2D eigenvalue weighted by Crippen LogP contribution is 2.38. The zero-order valence-corrected chi connectivity index (χ0v) is 11.9. The van der Waals surface area contributed by atoms with E-state index in [0.717, 1.165) is 24.0 Å². The number of nitrogens with zero attached hydrogens (tertiary/aromatic N) is 1. The summed E-state index contributed by atoms with van der Waals surface area (Å²) < 4.78 is 11.3. The first-order valence-electron chi connectivity index (χ1n) is 6.65. The van der Waals surface area contributed by atoms with Crippen LogP contribution < -0.4 is 11.1 Å². The third-order valence-electron chi connectivity index (χ3n) is 3.96. The zero-order valence-electron chi connectivity index (χ0n) is 11.9. The maximum atomic E-state index is 6.05. The van der Waals surface area contributed by atoms with Gasteiger partial charge < -0.3 is 20.5 Å². The molecule has 5 nitrogen and oxygen atoms in total. The third kappa shape index (κ3) is 2.73. The molecule has 0 aromatic carbocycles. The maximum Gasteiger partial charge on any atom is 0.128 e. The van der Waals surface area contributed by atoms with E-state index in [1.807, 2.05) is 14.0 Å². The molecule has 3 N–H and O–H groups in total. The van der Waals surface area contributed by atoms with Crippen LogP contribution in [0.5, 0.6) is 0 Å². The highest BCUT2D eigenvalue weighted by atomic mass is 16.5. The van der Waals surface area contributed by atoms with Gasteiger partial charge in [0.2, 0.25) is 0 Å². The molecule has 1 fully saturated rings. The summed E-state index contributed by atoms with van der Waals surface area (Å²) in [5, 5.41) is 3.35. The van der Waals surface area contributed by atoms with E-state index in [9.17, 15) is 0 Å². The topological polar surface area (TPSA) is 69.4 Å². The summed E-state index contributed by atoms with van der Waals surface area (Å²) in [6.45, 7) is 3.45. The predicted octanol–water partition coefficient (Wildman–Crippen LogP) is 1.43. The summed E-state index contributed by atoms with van der Waals surface area (Å²) in [6, 6.07) is 2.11. The second-order valence-electron chi connectivity index (χ2n) is 5.09. The van der Waals surface area contributed by atoms with Crippen LogP contribution in [-0.4, -0.2) is 38.0 Å². The fourth-order valence-electron chi connectivity index (χ4n) is 2.86. The van der Waals surface area contributed by atoms with Crippen LogP contribution in [-0.2, 0) is 9.47 Å². The molecule has 106 valence electrons. The van der Waals surface area contributed by atoms with Crippen LogP contribution in [0.2, 0.25) is 0 Å². The van der Waals surface area contributed by atoms with E-state index >= 15 is 0 Å². The molecule has 1 aromatic heterocycles. The second-order valence-corrected chi connectivity index (χ2v) is 5.09. The number of aromatic nitrogens is 1. The number of pyridine rings is 1. The maximum absolute atomic E-state index is 6.05. The van der Waals surface area contributed by atoms with Gasteiger partial charge >= 0.3 is 0 Å². The van der Waals surface area contributed by atoms with E-state index in [2.05, 4.69) is 16.4 Å². The van der Waals surface area contributed by atoms with E-state index in [0.29, 0.717) is 19.0 Å². The molecule has 1 saturated heterocycles. The summed E-state index contributed by atoms with van der Waals surface area (Å²) in [5.74, 6) is 0.563. The Labute approximate surface area is 114 Å². The van der Waals surface area contributed by atoms with Gasteiger partial charge in [-0.25, -0.2) is 4.98 Å². The standard InChI is InChI=1S/C14H23N3O2/c1-10-8-11(13(15)17-9-10)12(16-2)14(18-3)4-6-19-7-5-14/h8-9,12,16H,4-7H2,1-3H3,(H2,15,17). The van der Waals surface area contributed by atoms with Gasteiger partial charge in [-0.3, -0.25) is 0 Å². The summed E-state index contributed by atoms with van der Waals surface area (Å²) in [7, 11) is 3.69. The van der Waals surface area contributed by atoms with Crippen LogP contribution in [0.3, 0.4) is 0 Å². The summed E-state index contributed by atoms with van der Waals surface area (Å²) in [5.41, 5.74) is 7.87. The van der Waals surface area contributed by atoms with Crippen LogP contribution in [0.4, 0.5) is 5.82 Å². The Morgan fingerprint density at radius 1 is 1.47 bits per heavy atom.